The van der Waals surface area contributed by atoms with E-state index in [-0.39, 0.29) is 6.04 Å². The van der Waals surface area contributed by atoms with Crippen LogP contribution in [0.4, 0.5) is 5.69 Å². The molecule has 1 atom stereocenters. The van der Waals surface area contributed by atoms with E-state index in [1.54, 1.807) is 7.11 Å². The fourth-order valence-electron chi connectivity index (χ4n) is 2.39. The summed E-state index contributed by atoms with van der Waals surface area (Å²) >= 11 is 0. The second kappa shape index (κ2) is 7.58. The largest absolute Gasteiger partial charge is 0.496 e. The zero-order valence-corrected chi connectivity index (χ0v) is 12.9. The van der Waals surface area contributed by atoms with E-state index < -0.39 is 0 Å². The molecule has 1 N–H and O–H groups in total. The number of benzene rings is 2. The lowest BCUT2D eigenvalue weighted by molar-refractivity contribution is 0.341. The molecule has 0 fully saturated rings. The van der Waals surface area contributed by atoms with Crippen molar-refractivity contribution in [1.82, 2.24) is 0 Å². The predicted molar refractivity (Wildman–Crippen MR) is 87.4 cm³/mol. The number of rotatable bonds is 7. The van der Waals surface area contributed by atoms with E-state index in [9.17, 15) is 0 Å². The van der Waals surface area contributed by atoms with Gasteiger partial charge < -0.3 is 14.8 Å². The quantitative estimate of drug-likeness (QED) is 0.829. The molecule has 0 heterocycles. The van der Waals surface area contributed by atoms with Crippen molar-refractivity contribution < 1.29 is 9.47 Å². The smallest absolute Gasteiger partial charge is 0.142 e. The van der Waals surface area contributed by atoms with Gasteiger partial charge in [0.05, 0.1) is 19.4 Å². The third-order valence-corrected chi connectivity index (χ3v) is 3.31. The molecule has 3 heteroatoms. The van der Waals surface area contributed by atoms with E-state index in [4.69, 9.17) is 9.47 Å². The Bertz CT molecular complexity index is 569. The van der Waals surface area contributed by atoms with Gasteiger partial charge in [-0.15, -0.1) is 0 Å². The third kappa shape index (κ3) is 4.15. The molecule has 0 spiro atoms. The van der Waals surface area contributed by atoms with Crippen LogP contribution in [0.3, 0.4) is 0 Å². The van der Waals surface area contributed by atoms with Crippen LogP contribution in [0.5, 0.6) is 11.5 Å². The predicted octanol–water partition coefficient (Wildman–Crippen LogP) is 4.14. The zero-order chi connectivity index (χ0) is 15.1. The maximum Gasteiger partial charge on any atom is 0.142 e. The van der Waals surface area contributed by atoms with Crippen LogP contribution in [0.1, 0.15) is 19.4 Å². The van der Waals surface area contributed by atoms with Gasteiger partial charge in [-0.3, -0.25) is 0 Å². The fraction of sp³-hybridized carbons (Fsp3) is 0.333. The average molecular weight is 285 g/mol. The van der Waals surface area contributed by atoms with Crippen molar-refractivity contribution in [2.75, 3.05) is 19.0 Å². The molecule has 3 nitrogen and oxygen atoms in total. The lowest BCUT2D eigenvalue weighted by atomic mass is 10.1. The van der Waals surface area contributed by atoms with E-state index in [1.165, 1.54) is 5.56 Å². The summed E-state index contributed by atoms with van der Waals surface area (Å²) in [7, 11) is 1.71. The fourth-order valence-corrected chi connectivity index (χ4v) is 2.39. The number of methoxy groups -OCH3 is 1. The van der Waals surface area contributed by atoms with E-state index >= 15 is 0 Å². The molecule has 2 rings (SSSR count). The Balaban J connectivity index is 2.06. The van der Waals surface area contributed by atoms with Crippen molar-refractivity contribution in [3.8, 4) is 11.5 Å². The summed E-state index contributed by atoms with van der Waals surface area (Å²) in [5.74, 6) is 1.83. The van der Waals surface area contributed by atoms with Gasteiger partial charge in [-0.1, -0.05) is 30.3 Å². The number of para-hydroxylation sites is 3. The van der Waals surface area contributed by atoms with Crippen molar-refractivity contribution in [2.45, 2.75) is 26.3 Å². The van der Waals surface area contributed by atoms with Crippen LogP contribution in [-0.4, -0.2) is 19.8 Å². The second-order valence-corrected chi connectivity index (χ2v) is 4.99. The van der Waals surface area contributed by atoms with Gasteiger partial charge in [-0.05, 0) is 44.0 Å². The van der Waals surface area contributed by atoms with Crippen LogP contribution < -0.4 is 14.8 Å². The summed E-state index contributed by atoms with van der Waals surface area (Å²) in [4.78, 5) is 0. The zero-order valence-electron chi connectivity index (χ0n) is 12.9. The van der Waals surface area contributed by atoms with Gasteiger partial charge in [0.2, 0.25) is 0 Å². The molecule has 21 heavy (non-hydrogen) atoms. The Morgan fingerprint density at radius 1 is 1.00 bits per heavy atom. The van der Waals surface area contributed by atoms with Crippen LogP contribution in [-0.2, 0) is 6.42 Å². The highest BCUT2D eigenvalue weighted by Gasteiger charge is 2.10. The number of hydrogen-bond acceptors (Lipinski definition) is 3. The van der Waals surface area contributed by atoms with Crippen LogP contribution in [0.15, 0.2) is 48.5 Å². The summed E-state index contributed by atoms with van der Waals surface area (Å²) in [5, 5.41) is 3.51. The monoisotopic (exact) mass is 285 g/mol. The van der Waals surface area contributed by atoms with Crippen LogP contribution in [0, 0.1) is 0 Å². The lowest BCUT2D eigenvalue weighted by Gasteiger charge is -2.19. The topological polar surface area (TPSA) is 30.5 Å². The maximum absolute atomic E-state index is 5.65. The summed E-state index contributed by atoms with van der Waals surface area (Å²) in [6.45, 7) is 4.82. The minimum absolute atomic E-state index is 0.280. The lowest BCUT2D eigenvalue weighted by Crippen LogP contribution is -2.19. The van der Waals surface area contributed by atoms with Crippen molar-refractivity contribution in [3.05, 3.63) is 54.1 Å². The minimum atomic E-state index is 0.280. The van der Waals surface area contributed by atoms with Gasteiger partial charge in [0.1, 0.15) is 11.5 Å². The molecule has 2 aromatic rings. The first kappa shape index (κ1) is 15.2. The van der Waals surface area contributed by atoms with Crippen molar-refractivity contribution in [1.29, 1.82) is 0 Å². The molecule has 0 aromatic heterocycles. The molecule has 0 saturated heterocycles. The Labute approximate surface area is 126 Å². The number of hydrogen-bond donors (Lipinski definition) is 1. The van der Waals surface area contributed by atoms with Crippen LogP contribution >= 0.6 is 0 Å². The molecule has 0 aliphatic heterocycles. The molecular weight excluding hydrogens is 262 g/mol. The minimum Gasteiger partial charge on any atom is -0.496 e. The normalized spacial score (nSPS) is 11.8. The van der Waals surface area contributed by atoms with Crippen molar-refractivity contribution in [3.63, 3.8) is 0 Å². The van der Waals surface area contributed by atoms with Gasteiger partial charge in [0.15, 0.2) is 0 Å². The van der Waals surface area contributed by atoms with Gasteiger partial charge >= 0.3 is 0 Å². The van der Waals surface area contributed by atoms with Gasteiger partial charge in [0.25, 0.3) is 0 Å². The molecule has 0 amide bonds. The van der Waals surface area contributed by atoms with E-state index in [0.717, 1.165) is 23.6 Å². The summed E-state index contributed by atoms with van der Waals surface area (Å²) in [5.41, 5.74) is 2.23. The Morgan fingerprint density at radius 2 is 1.67 bits per heavy atom. The van der Waals surface area contributed by atoms with Gasteiger partial charge in [-0.2, -0.15) is 0 Å². The highest BCUT2D eigenvalue weighted by Crippen LogP contribution is 2.26. The number of anilines is 1. The average Bonchev–Trinajstić information content (AvgIpc) is 2.50. The van der Waals surface area contributed by atoms with E-state index in [1.807, 2.05) is 49.4 Å². The van der Waals surface area contributed by atoms with E-state index in [2.05, 4.69) is 18.3 Å². The van der Waals surface area contributed by atoms with Gasteiger partial charge in [-0.25, -0.2) is 0 Å². The molecule has 0 saturated carbocycles. The highest BCUT2D eigenvalue weighted by atomic mass is 16.5. The highest BCUT2D eigenvalue weighted by molar-refractivity contribution is 5.56. The molecule has 0 bridgehead atoms. The van der Waals surface area contributed by atoms with Gasteiger partial charge in [0, 0.05) is 6.04 Å². The van der Waals surface area contributed by atoms with Crippen LogP contribution in [0.2, 0.25) is 0 Å². The Kier molecular flexibility index (Phi) is 5.50. The first-order valence-electron chi connectivity index (χ1n) is 7.34. The molecule has 0 aliphatic rings. The number of nitrogens with one attached hydrogen (secondary N) is 1. The van der Waals surface area contributed by atoms with Crippen molar-refractivity contribution >= 4 is 5.69 Å². The first-order chi connectivity index (χ1) is 10.2. The molecule has 112 valence electrons. The second-order valence-electron chi connectivity index (χ2n) is 4.99. The SMILES string of the molecule is CCOc1ccccc1NC(C)Cc1ccccc1OC. The molecule has 0 radical (unpaired) electrons. The summed E-state index contributed by atoms with van der Waals surface area (Å²) in [6, 6.07) is 16.4. The summed E-state index contributed by atoms with van der Waals surface area (Å²) in [6.07, 6.45) is 0.893. The Morgan fingerprint density at radius 3 is 2.38 bits per heavy atom. The van der Waals surface area contributed by atoms with Crippen molar-refractivity contribution in [2.24, 2.45) is 0 Å². The molecule has 0 aliphatic carbocycles. The molecule has 2 aromatic carbocycles. The first-order valence-corrected chi connectivity index (χ1v) is 7.34. The molecule has 1 unspecified atom stereocenters. The summed E-state index contributed by atoms with van der Waals surface area (Å²) < 4.78 is 11.1. The van der Waals surface area contributed by atoms with E-state index in [0.29, 0.717) is 6.61 Å². The number of ether oxygens (including phenoxy) is 2. The standard InChI is InChI=1S/C18H23NO2/c1-4-21-18-12-8-6-10-16(18)19-14(2)13-15-9-5-7-11-17(15)20-3/h5-12,14,19H,4,13H2,1-3H3. The maximum atomic E-state index is 5.65. The third-order valence-electron chi connectivity index (χ3n) is 3.31. The Hall–Kier alpha value is -2.16. The van der Waals surface area contributed by atoms with Crippen LogP contribution in [0.25, 0.3) is 0 Å². The molecular formula is C18H23NO2.